The summed E-state index contributed by atoms with van der Waals surface area (Å²) in [7, 11) is 0. The number of rotatable bonds is 5. The first-order valence-electron chi connectivity index (χ1n) is 5.23. The van der Waals surface area contributed by atoms with E-state index in [0.717, 1.165) is 0 Å². The maximum atomic E-state index is 12.9. The molecule has 1 aromatic rings. The molecule has 0 saturated carbocycles. The third kappa shape index (κ3) is 4.26. The predicted octanol–water partition coefficient (Wildman–Crippen LogP) is 0.961. The fraction of sp³-hybridized carbons (Fsp3) is 0.231. The molecule has 0 aliphatic carbocycles. The van der Waals surface area contributed by atoms with Crippen molar-refractivity contribution in [1.82, 2.24) is 5.32 Å². The van der Waals surface area contributed by atoms with Crippen LogP contribution in [0, 0.1) is 18.2 Å². The van der Waals surface area contributed by atoms with Crippen LogP contribution in [0.2, 0.25) is 0 Å². The normalized spacial score (nSPS) is 11.3. The van der Waals surface area contributed by atoms with Crippen molar-refractivity contribution in [1.29, 1.82) is 0 Å². The molecular formula is C13H12FNO3. The first-order chi connectivity index (χ1) is 8.52. The molecule has 1 atom stereocenters. The molecule has 0 radical (unpaired) electrons. The molecule has 0 aliphatic heterocycles. The lowest BCUT2D eigenvalue weighted by molar-refractivity contribution is -0.141. The van der Waals surface area contributed by atoms with E-state index in [2.05, 4.69) is 11.2 Å². The molecule has 1 amide bonds. The maximum Gasteiger partial charge on any atom is 0.327 e. The van der Waals surface area contributed by atoms with Gasteiger partial charge in [0.25, 0.3) is 0 Å². The summed E-state index contributed by atoms with van der Waals surface area (Å²) in [4.78, 5) is 22.3. The van der Waals surface area contributed by atoms with Gasteiger partial charge in [0.2, 0.25) is 5.91 Å². The lowest BCUT2D eigenvalue weighted by Gasteiger charge is -2.11. The fourth-order valence-corrected chi connectivity index (χ4v) is 1.40. The largest absolute Gasteiger partial charge is 0.480 e. The highest BCUT2D eigenvalue weighted by molar-refractivity contribution is 5.85. The molecule has 0 aromatic heterocycles. The van der Waals surface area contributed by atoms with E-state index in [9.17, 15) is 14.0 Å². The fourth-order valence-electron chi connectivity index (χ4n) is 1.40. The van der Waals surface area contributed by atoms with Crippen LogP contribution in [-0.2, 0) is 16.0 Å². The van der Waals surface area contributed by atoms with Crippen LogP contribution in [-0.4, -0.2) is 23.0 Å². The molecular weight excluding hydrogens is 237 g/mol. The van der Waals surface area contributed by atoms with E-state index in [4.69, 9.17) is 11.5 Å². The second-order valence-corrected chi connectivity index (χ2v) is 3.67. The number of carboxylic acid groups (broad SMARTS) is 1. The third-order valence-electron chi connectivity index (χ3n) is 2.21. The van der Waals surface area contributed by atoms with E-state index < -0.39 is 23.7 Å². The minimum atomic E-state index is -1.19. The van der Waals surface area contributed by atoms with Gasteiger partial charge < -0.3 is 10.4 Å². The maximum absolute atomic E-state index is 12.9. The molecule has 4 nitrogen and oxygen atoms in total. The van der Waals surface area contributed by atoms with Crippen LogP contribution >= 0.6 is 0 Å². The van der Waals surface area contributed by atoms with Gasteiger partial charge in [0.05, 0.1) is 6.42 Å². The van der Waals surface area contributed by atoms with E-state index in [1.54, 1.807) is 6.07 Å². The van der Waals surface area contributed by atoms with Gasteiger partial charge in [-0.05, 0) is 17.7 Å². The van der Waals surface area contributed by atoms with Crippen LogP contribution in [0.4, 0.5) is 4.39 Å². The SMILES string of the molecule is C#CCC(NC(=O)Cc1cccc(F)c1)C(=O)O. The molecule has 0 bridgehead atoms. The Morgan fingerprint density at radius 1 is 1.50 bits per heavy atom. The number of carbonyl (C=O) groups is 2. The summed E-state index contributed by atoms with van der Waals surface area (Å²) in [6, 6.07) is 4.43. The molecule has 18 heavy (non-hydrogen) atoms. The van der Waals surface area contributed by atoms with Crippen LogP contribution in [0.5, 0.6) is 0 Å². The smallest absolute Gasteiger partial charge is 0.327 e. The van der Waals surface area contributed by atoms with Gasteiger partial charge in [-0.1, -0.05) is 12.1 Å². The molecule has 1 unspecified atom stereocenters. The zero-order valence-corrected chi connectivity index (χ0v) is 9.52. The Kier molecular flexibility index (Phi) is 4.88. The first-order valence-corrected chi connectivity index (χ1v) is 5.23. The minimum absolute atomic E-state index is 0.0912. The summed E-state index contributed by atoms with van der Waals surface area (Å²) in [5.74, 6) is 0.0215. The molecule has 1 rings (SSSR count). The molecule has 1 aromatic carbocycles. The Hall–Kier alpha value is -2.35. The third-order valence-corrected chi connectivity index (χ3v) is 2.21. The van der Waals surface area contributed by atoms with Crippen LogP contribution in [0.25, 0.3) is 0 Å². The number of aliphatic carboxylic acids is 1. The molecule has 0 heterocycles. The number of benzene rings is 1. The summed E-state index contributed by atoms with van der Waals surface area (Å²) in [5.41, 5.74) is 0.470. The van der Waals surface area contributed by atoms with Crippen molar-refractivity contribution in [2.75, 3.05) is 0 Å². The number of nitrogens with one attached hydrogen (secondary N) is 1. The molecule has 2 N–H and O–H groups in total. The van der Waals surface area contributed by atoms with Gasteiger partial charge in [-0.15, -0.1) is 12.3 Å². The van der Waals surface area contributed by atoms with E-state index >= 15 is 0 Å². The second-order valence-electron chi connectivity index (χ2n) is 3.67. The van der Waals surface area contributed by atoms with Gasteiger partial charge in [0.1, 0.15) is 11.9 Å². The molecule has 0 saturated heterocycles. The van der Waals surface area contributed by atoms with Gasteiger partial charge in [0.15, 0.2) is 0 Å². The topological polar surface area (TPSA) is 66.4 Å². The second kappa shape index (κ2) is 6.40. The quantitative estimate of drug-likeness (QED) is 0.764. The Morgan fingerprint density at radius 3 is 2.78 bits per heavy atom. The van der Waals surface area contributed by atoms with Crippen molar-refractivity contribution < 1.29 is 19.1 Å². The number of hydrogen-bond donors (Lipinski definition) is 2. The van der Waals surface area contributed by atoms with Crippen LogP contribution in [0.1, 0.15) is 12.0 Å². The molecule has 0 aliphatic rings. The van der Waals surface area contributed by atoms with Crippen LogP contribution in [0.3, 0.4) is 0 Å². The van der Waals surface area contributed by atoms with Crippen molar-refractivity contribution in [3.8, 4) is 12.3 Å². The number of terminal acetylenes is 1. The van der Waals surface area contributed by atoms with Gasteiger partial charge in [-0.25, -0.2) is 9.18 Å². The predicted molar refractivity (Wildman–Crippen MR) is 63.1 cm³/mol. The number of carboxylic acids is 1. The van der Waals surface area contributed by atoms with Gasteiger partial charge in [-0.3, -0.25) is 4.79 Å². The Morgan fingerprint density at radius 2 is 2.22 bits per heavy atom. The number of carbonyl (C=O) groups excluding carboxylic acids is 1. The van der Waals surface area contributed by atoms with Crippen LogP contribution in [0.15, 0.2) is 24.3 Å². The van der Waals surface area contributed by atoms with Gasteiger partial charge in [-0.2, -0.15) is 0 Å². The summed E-state index contributed by atoms with van der Waals surface area (Å²) in [5, 5.41) is 11.1. The van der Waals surface area contributed by atoms with Crippen molar-refractivity contribution in [2.24, 2.45) is 0 Å². The highest BCUT2D eigenvalue weighted by atomic mass is 19.1. The van der Waals surface area contributed by atoms with E-state index in [-0.39, 0.29) is 12.8 Å². The summed E-state index contributed by atoms with van der Waals surface area (Å²) in [6.45, 7) is 0. The number of halogens is 1. The summed E-state index contributed by atoms with van der Waals surface area (Å²) >= 11 is 0. The summed E-state index contributed by atoms with van der Waals surface area (Å²) in [6.07, 6.45) is 4.82. The van der Waals surface area contributed by atoms with E-state index in [0.29, 0.717) is 5.56 Å². The number of amides is 1. The van der Waals surface area contributed by atoms with Crippen molar-refractivity contribution in [2.45, 2.75) is 18.9 Å². The average Bonchev–Trinajstić information content (AvgIpc) is 2.28. The van der Waals surface area contributed by atoms with Crippen LogP contribution < -0.4 is 5.32 Å². The van der Waals surface area contributed by atoms with Crippen molar-refractivity contribution in [3.05, 3.63) is 35.6 Å². The van der Waals surface area contributed by atoms with Gasteiger partial charge >= 0.3 is 5.97 Å². The minimum Gasteiger partial charge on any atom is -0.480 e. The highest BCUT2D eigenvalue weighted by Gasteiger charge is 2.18. The zero-order valence-electron chi connectivity index (χ0n) is 9.52. The summed E-state index contributed by atoms with van der Waals surface area (Å²) < 4.78 is 12.9. The molecule has 94 valence electrons. The van der Waals surface area contributed by atoms with E-state index in [1.165, 1.54) is 18.2 Å². The first kappa shape index (κ1) is 13.7. The Labute approximate surface area is 104 Å². The highest BCUT2D eigenvalue weighted by Crippen LogP contribution is 2.04. The Bertz CT molecular complexity index is 493. The molecule has 0 spiro atoms. The van der Waals surface area contributed by atoms with Crippen molar-refractivity contribution >= 4 is 11.9 Å². The molecule has 0 fully saturated rings. The molecule has 5 heteroatoms. The lowest BCUT2D eigenvalue weighted by atomic mass is 10.1. The Balaban J connectivity index is 2.61. The lowest BCUT2D eigenvalue weighted by Crippen LogP contribution is -2.41. The zero-order chi connectivity index (χ0) is 13.5. The van der Waals surface area contributed by atoms with E-state index in [1.807, 2.05) is 0 Å². The number of hydrogen-bond acceptors (Lipinski definition) is 2. The van der Waals surface area contributed by atoms with Gasteiger partial charge in [0, 0.05) is 6.42 Å². The monoisotopic (exact) mass is 249 g/mol. The standard InChI is InChI=1S/C13H12FNO3/c1-2-4-11(13(17)18)15-12(16)8-9-5-3-6-10(14)7-9/h1,3,5-7,11H,4,8H2,(H,15,16)(H,17,18). The average molecular weight is 249 g/mol. The van der Waals surface area contributed by atoms with Crippen molar-refractivity contribution in [3.63, 3.8) is 0 Å².